The first-order valence-corrected chi connectivity index (χ1v) is 8.93. The van der Waals surface area contributed by atoms with Crippen molar-refractivity contribution in [1.29, 1.82) is 0 Å². The van der Waals surface area contributed by atoms with Gasteiger partial charge >= 0.3 is 0 Å². The first kappa shape index (κ1) is 16.0. The van der Waals surface area contributed by atoms with E-state index in [2.05, 4.69) is 45.3 Å². The van der Waals surface area contributed by atoms with Crippen molar-refractivity contribution in [3.63, 3.8) is 0 Å². The fraction of sp³-hybridized carbons (Fsp3) is 0.824. The van der Waals surface area contributed by atoms with Gasteiger partial charge in [-0.2, -0.15) is 0 Å². The third-order valence-electron chi connectivity index (χ3n) is 4.84. The lowest BCUT2D eigenvalue weighted by Crippen LogP contribution is -2.42. The lowest BCUT2D eigenvalue weighted by molar-refractivity contribution is 0.206. The van der Waals surface area contributed by atoms with E-state index in [0.717, 1.165) is 12.5 Å². The Hall–Kier alpha value is -0.410. The van der Waals surface area contributed by atoms with Gasteiger partial charge in [-0.25, -0.2) is 4.98 Å². The zero-order valence-corrected chi connectivity index (χ0v) is 14.6. The van der Waals surface area contributed by atoms with Crippen molar-refractivity contribution in [1.82, 2.24) is 10.3 Å². The molecule has 0 aromatic carbocycles. The van der Waals surface area contributed by atoms with Gasteiger partial charge in [-0.15, -0.1) is 11.3 Å². The molecule has 3 heteroatoms. The maximum Gasteiger partial charge on any atom is 0.113 e. The molecule has 2 rings (SSSR count). The van der Waals surface area contributed by atoms with Crippen LogP contribution in [0.2, 0.25) is 0 Å². The number of thiazole rings is 1. The summed E-state index contributed by atoms with van der Waals surface area (Å²) in [6, 6.07) is 0. The molecule has 20 heavy (non-hydrogen) atoms. The van der Waals surface area contributed by atoms with Gasteiger partial charge in [-0.1, -0.05) is 34.1 Å². The molecule has 0 aliphatic heterocycles. The largest absolute Gasteiger partial charge is 0.306 e. The summed E-state index contributed by atoms with van der Waals surface area (Å²) in [5.74, 6) is 0.837. The van der Waals surface area contributed by atoms with Crippen LogP contribution < -0.4 is 5.32 Å². The molecule has 1 heterocycles. The minimum atomic E-state index is 0.133. The Bertz CT molecular complexity index is 432. The zero-order valence-electron chi connectivity index (χ0n) is 13.8. The van der Waals surface area contributed by atoms with Crippen LogP contribution in [0.15, 0.2) is 5.38 Å². The monoisotopic (exact) mass is 294 g/mol. The number of hydrogen-bond donors (Lipinski definition) is 1. The second-order valence-corrected chi connectivity index (χ2v) is 8.26. The molecular weight excluding hydrogens is 264 g/mol. The molecule has 1 fully saturated rings. The second-order valence-electron chi connectivity index (χ2n) is 7.40. The topological polar surface area (TPSA) is 24.9 Å². The number of hydrogen-bond acceptors (Lipinski definition) is 3. The first-order chi connectivity index (χ1) is 9.37. The van der Waals surface area contributed by atoms with Gasteiger partial charge in [-0.3, -0.25) is 0 Å². The van der Waals surface area contributed by atoms with Crippen LogP contribution in [0.1, 0.15) is 70.5 Å². The molecule has 1 aliphatic rings. The van der Waals surface area contributed by atoms with Crippen LogP contribution >= 0.6 is 11.3 Å². The van der Waals surface area contributed by atoms with Crippen molar-refractivity contribution in [2.75, 3.05) is 6.54 Å². The number of aromatic nitrogens is 1. The second kappa shape index (κ2) is 6.15. The number of aryl methyl sites for hydroxylation is 1. The van der Waals surface area contributed by atoms with E-state index < -0.39 is 0 Å². The molecule has 114 valence electrons. The Balaban J connectivity index is 2.22. The normalized spacial score (nSPS) is 28.4. The van der Waals surface area contributed by atoms with Crippen molar-refractivity contribution >= 4 is 11.3 Å². The standard InChI is InChI=1S/C17H30N2S/c1-6-18-17(15-19-13(2)12-20-15)10-7-8-14(9-11-17)16(3,4)5/h12,14,18H,6-11H2,1-5H3. The van der Waals surface area contributed by atoms with E-state index in [1.54, 1.807) is 0 Å². The molecule has 0 amide bonds. The third-order valence-corrected chi connectivity index (χ3v) is 6.01. The fourth-order valence-electron chi connectivity index (χ4n) is 3.58. The van der Waals surface area contributed by atoms with Gasteiger partial charge in [0.25, 0.3) is 0 Å². The summed E-state index contributed by atoms with van der Waals surface area (Å²) < 4.78 is 0. The lowest BCUT2D eigenvalue weighted by Gasteiger charge is -2.33. The Kier molecular flexibility index (Phi) is 4.91. The average molecular weight is 295 g/mol. The maximum absolute atomic E-state index is 4.81. The summed E-state index contributed by atoms with van der Waals surface area (Å²) in [5.41, 5.74) is 1.73. The molecular formula is C17H30N2S. The minimum Gasteiger partial charge on any atom is -0.306 e. The Morgan fingerprint density at radius 1 is 1.35 bits per heavy atom. The van der Waals surface area contributed by atoms with Crippen LogP contribution in [-0.2, 0) is 5.54 Å². The number of nitrogens with zero attached hydrogens (tertiary/aromatic N) is 1. The lowest BCUT2D eigenvalue weighted by atomic mass is 9.76. The summed E-state index contributed by atoms with van der Waals surface area (Å²) in [7, 11) is 0. The van der Waals surface area contributed by atoms with Crippen molar-refractivity contribution in [2.45, 2.75) is 72.3 Å². The van der Waals surface area contributed by atoms with Crippen molar-refractivity contribution in [3.8, 4) is 0 Å². The molecule has 0 saturated heterocycles. The Labute approximate surface area is 128 Å². The molecule has 1 aromatic heterocycles. The van der Waals surface area contributed by atoms with E-state index in [9.17, 15) is 0 Å². The Morgan fingerprint density at radius 3 is 2.65 bits per heavy atom. The smallest absolute Gasteiger partial charge is 0.113 e. The van der Waals surface area contributed by atoms with Gasteiger partial charge in [0, 0.05) is 11.1 Å². The molecule has 1 saturated carbocycles. The summed E-state index contributed by atoms with van der Waals surface area (Å²) in [5, 5.41) is 7.29. The first-order valence-electron chi connectivity index (χ1n) is 8.05. The van der Waals surface area contributed by atoms with E-state index in [1.165, 1.54) is 42.8 Å². The van der Waals surface area contributed by atoms with Crippen molar-refractivity contribution in [3.05, 3.63) is 16.1 Å². The van der Waals surface area contributed by atoms with Gasteiger partial charge in [0.15, 0.2) is 0 Å². The zero-order chi connectivity index (χ0) is 14.8. The van der Waals surface area contributed by atoms with E-state index >= 15 is 0 Å². The fourth-order valence-corrected chi connectivity index (χ4v) is 4.62. The minimum absolute atomic E-state index is 0.133. The summed E-state index contributed by atoms with van der Waals surface area (Å²) in [6.45, 7) is 12.5. The summed E-state index contributed by atoms with van der Waals surface area (Å²) in [4.78, 5) is 4.81. The van der Waals surface area contributed by atoms with Crippen LogP contribution in [0.25, 0.3) is 0 Å². The predicted molar refractivity (Wildman–Crippen MR) is 88.2 cm³/mol. The van der Waals surface area contributed by atoms with E-state index in [1.807, 2.05) is 11.3 Å². The molecule has 0 radical (unpaired) electrons. The molecule has 2 unspecified atom stereocenters. The van der Waals surface area contributed by atoms with Gasteiger partial charge in [-0.05, 0) is 50.5 Å². The highest BCUT2D eigenvalue weighted by molar-refractivity contribution is 7.09. The van der Waals surface area contributed by atoms with E-state index in [0.29, 0.717) is 5.41 Å². The molecule has 1 N–H and O–H groups in total. The van der Waals surface area contributed by atoms with Crippen molar-refractivity contribution < 1.29 is 0 Å². The molecule has 2 atom stereocenters. The Morgan fingerprint density at radius 2 is 2.10 bits per heavy atom. The van der Waals surface area contributed by atoms with Gasteiger partial charge in [0.1, 0.15) is 5.01 Å². The molecule has 2 nitrogen and oxygen atoms in total. The third kappa shape index (κ3) is 3.43. The van der Waals surface area contributed by atoms with Gasteiger partial charge in [0.2, 0.25) is 0 Å². The van der Waals surface area contributed by atoms with E-state index in [-0.39, 0.29) is 5.54 Å². The molecule has 0 bridgehead atoms. The van der Waals surface area contributed by atoms with Crippen LogP contribution in [0, 0.1) is 18.3 Å². The highest BCUT2D eigenvalue weighted by atomic mass is 32.1. The average Bonchev–Trinajstić information content (AvgIpc) is 2.67. The van der Waals surface area contributed by atoms with E-state index in [4.69, 9.17) is 4.98 Å². The summed E-state index contributed by atoms with van der Waals surface area (Å²) >= 11 is 1.84. The molecule has 1 aromatic rings. The number of rotatable bonds is 3. The number of nitrogens with one attached hydrogen (secondary N) is 1. The van der Waals surface area contributed by atoms with Crippen LogP contribution in [0.3, 0.4) is 0 Å². The van der Waals surface area contributed by atoms with Crippen LogP contribution in [0.4, 0.5) is 0 Å². The highest BCUT2D eigenvalue weighted by Gasteiger charge is 2.38. The van der Waals surface area contributed by atoms with Gasteiger partial charge in [0.05, 0.1) is 5.54 Å². The molecule has 0 spiro atoms. The van der Waals surface area contributed by atoms with Crippen LogP contribution in [-0.4, -0.2) is 11.5 Å². The van der Waals surface area contributed by atoms with Crippen LogP contribution in [0.5, 0.6) is 0 Å². The molecule has 1 aliphatic carbocycles. The summed E-state index contributed by atoms with van der Waals surface area (Å²) in [6.07, 6.45) is 6.46. The van der Waals surface area contributed by atoms with Gasteiger partial charge < -0.3 is 5.32 Å². The maximum atomic E-state index is 4.81. The predicted octanol–water partition coefficient (Wildman–Crippen LogP) is 4.88. The van der Waals surface area contributed by atoms with Crippen molar-refractivity contribution in [2.24, 2.45) is 11.3 Å². The SMILES string of the molecule is CCNC1(c2nc(C)cs2)CCCC(C(C)(C)C)CC1. The highest BCUT2D eigenvalue weighted by Crippen LogP contribution is 2.44. The quantitative estimate of drug-likeness (QED) is 0.803.